The quantitative estimate of drug-likeness (QED) is 0.925. The molecule has 1 N–H and O–H groups in total. The van der Waals surface area contributed by atoms with E-state index in [0.717, 1.165) is 19.0 Å². The summed E-state index contributed by atoms with van der Waals surface area (Å²) in [6, 6.07) is 0.983. The minimum absolute atomic E-state index is 0.381. The number of aromatic nitrogens is 3. The summed E-state index contributed by atoms with van der Waals surface area (Å²) in [6.07, 6.45) is 11.1. The highest BCUT2D eigenvalue weighted by Gasteiger charge is 2.57. The van der Waals surface area contributed by atoms with Gasteiger partial charge >= 0.3 is 0 Å². The van der Waals surface area contributed by atoms with Crippen molar-refractivity contribution in [3.63, 3.8) is 0 Å². The zero-order valence-corrected chi connectivity index (χ0v) is 12.9. The number of hydrogen-bond acceptors (Lipinski definition) is 4. The molecule has 4 rings (SSSR count). The molecule has 2 fully saturated rings. The molecule has 1 aromatic rings. The molecule has 0 amide bonds. The number of aryl methyl sites for hydroxylation is 1. The summed E-state index contributed by atoms with van der Waals surface area (Å²) in [5, 5.41) is 8.25. The summed E-state index contributed by atoms with van der Waals surface area (Å²) in [5.74, 6) is 1.13. The number of nitrogens with zero attached hydrogens (tertiary/aromatic N) is 3. The van der Waals surface area contributed by atoms with Crippen LogP contribution in [0.2, 0.25) is 0 Å². The molecule has 3 aliphatic rings. The van der Waals surface area contributed by atoms with Crippen molar-refractivity contribution in [1.29, 1.82) is 0 Å². The minimum atomic E-state index is 0.381. The number of ether oxygens (including phenoxy) is 1. The van der Waals surface area contributed by atoms with Crippen molar-refractivity contribution < 1.29 is 4.74 Å². The van der Waals surface area contributed by atoms with Crippen molar-refractivity contribution in [2.75, 3.05) is 6.61 Å². The van der Waals surface area contributed by atoms with E-state index in [9.17, 15) is 0 Å². The van der Waals surface area contributed by atoms with Crippen molar-refractivity contribution >= 4 is 0 Å². The van der Waals surface area contributed by atoms with E-state index in [1.807, 2.05) is 0 Å². The summed E-state index contributed by atoms with van der Waals surface area (Å²) in [5.41, 5.74) is 0.401. The summed E-state index contributed by atoms with van der Waals surface area (Å²) < 4.78 is 8.09. The molecule has 5 heteroatoms. The molecule has 3 atom stereocenters. The molecule has 21 heavy (non-hydrogen) atoms. The van der Waals surface area contributed by atoms with E-state index in [1.54, 1.807) is 6.33 Å². The van der Waals surface area contributed by atoms with Gasteiger partial charge in [-0.15, -0.1) is 0 Å². The van der Waals surface area contributed by atoms with Crippen LogP contribution in [0.15, 0.2) is 6.33 Å². The first-order valence-electron chi connectivity index (χ1n) is 8.59. The maximum atomic E-state index is 6.02. The Labute approximate surface area is 126 Å². The van der Waals surface area contributed by atoms with Gasteiger partial charge in [-0.3, -0.25) is 0 Å². The second-order valence-electron chi connectivity index (χ2n) is 6.88. The molecular formula is C16H26N4O. The summed E-state index contributed by atoms with van der Waals surface area (Å²) in [7, 11) is 0. The molecule has 1 spiro atoms. The molecule has 5 nitrogen and oxygen atoms in total. The van der Waals surface area contributed by atoms with Crippen LogP contribution in [0.1, 0.15) is 63.7 Å². The van der Waals surface area contributed by atoms with Crippen molar-refractivity contribution in [3.8, 4) is 0 Å². The van der Waals surface area contributed by atoms with Crippen LogP contribution in [0.4, 0.5) is 0 Å². The van der Waals surface area contributed by atoms with Gasteiger partial charge in [-0.05, 0) is 39.0 Å². The monoisotopic (exact) mass is 290 g/mol. The lowest BCUT2D eigenvalue weighted by molar-refractivity contribution is -0.133. The Morgan fingerprint density at radius 3 is 3.05 bits per heavy atom. The second kappa shape index (κ2) is 5.36. The first kappa shape index (κ1) is 13.7. The van der Waals surface area contributed by atoms with Crippen LogP contribution in [-0.4, -0.2) is 33.5 Å². The smallest absolute Gasteiger partial charge is 0.143 e. The van der Waals surface area contributed by atoms with E-state index in [4.69, 9.17) is 4.74 Å². The maximum absolute atomic E-state index is 6.02. The van der Waals surface area contributed by atoms with Crippen LogP contribution in [0.25, 0.3) is 0 Å². The van der Waals surface area contributed by atoms with Crippen LogP contribution < -0.4 is 5.32 Å². The van der Waals surface area contributed by atoms with E-state index in [0.29, 0.717) is 23.6 Å². The fourth-order valence-electron chi connectivity index (χ4n) is 4.81. The third-order valence-corrected chi connectivity index (χ3v) is 5.91. The third-order valence-electron chi connectivity index (χ3n) is 5.91. The van der Waals surface area contributed by atoms with Crippen molar-refractivity contribution in [1.82, 2.24) is 20.1 Å². The Morgan fingerprint density at radius 1 is 1.38 bits per heavy atom. The van der Waals surface area contributed by atoms with E-state index >= 15 is 0 Å². The highest BCUT2D eigenvalue weighted by molar-refractivity contribution is 5.12. The topological polar surface area (TPSA) is 52.0 Å². The van der Waals surface area contributed by atoms with Gasteiger partial charge in [0.05, 0.1) is 12.1 Å². The molecule has 2 heterocycles. The van der Waals surface area contributed by atoms with Gasteiger partial charge in [0, 0.05) is 24.6 Å². The van der Waals surface area contributed by atoms with E-state index in [-0.39, 0.29) is 0 Å². The summed E-state index contributed by atoms with van der Waals surface area (Å²) in [6.45, 7) is 3.98. The van der Waals surface area contributed by atoms with Gasteiger partial charge in [0.2, 0.25) is 0 Å². The van der Waals surface area contributed by atoms with E-state index < -0.39 is 0 Å². The molecule has 1 aromatic heterocycles. The van der Waals surface area contributed by atoms with Gasteiger partial charge in [0.1, 0.15) is 12.2 Å². The lowest BCUT2D eigenvalue weighted by Gasteiger charge is -2.55. The van der Waals surface area contributed by atoms with E-state index in [1.165, 1.54) is 44.9 Å². The summed E-state index contributed by atoms with van der Waals surface area (Å²) >= 11 is 0. The van der Waals surface area contributed by atoms with Gasteiger partial charge in [0.15, 0.2) is 0 Å². The standard InChI is InChI=1S/C16H26N4O/c1-2-21-14-10-13(16(14)7-3-4-8-16)19-12-6-5-9-20-15(12)17-11-18-20/h11-14,19H,2-10H2,1H3/t12-,13+,14+/m0/s1. The molecular weight excluding hydrogens is 264 g/mol. The van der Waals surface area contributed by atoms with Gasteiger partial charge < -0.3 is 10.1 Å². The number of fused-ring (bicyclic) bond motifs is 1. The number of rotatable bonds is 4. The number of nitrogens with one attached hydrogen (secondary N) is 1. The summed E-state index contributed by atoms with van der Waals surface area (Å²) in [4.78, 5) is 4.48. The Hall–Kier alpha value is -0.940. The Kier molecular flexibility index (Phi) is 3.50. The number of hydrogen-bond donors (Lipinski definition) is 1. The highest BCUT2D eigenvalue weighted by Crippen LogP contribution is 2.55. The van der Waals surface area contributed by atoms with Crippen LogP contribution in [-0.2, 0) is 11.3 Å². The van der Waals surface area contributed by atoms with Gasteiger partial charge in [-0.25, -0.2) is 9.67 Å². The predicted octanol–water partition coefficient (Wildman–Crippen LogP) is 2.44. The molecule has 0 bridgehead atoms. The Morgan fingerprint density at radius 2 is 2.24 bits per heavy atom. The van der Waals surface area contributed by atoms with Crippen LogP contribution >= 0.6 is 0 Å². The highest BCUT2D eigenvalue weighted by atomic mass is 16.5. The molecule has 0 aromatic carbocycles. The average Bonchev–Trinajstić information content (AvgIpc) is 3.16. The first-order chi connectivity index (χ1) is 10.3. The molecule has 1 aliphatic heterocycles. The molecule has 0 unspecified atom stereocenters. The fourth-order valence-corrected chi connectivity index (χ4v) is 4.81. The Bertz CT molecular complexity index is 494. The molecule has 2 saturated carbocycles. The minimum Gasteiger partial charge on any atom is -0.378 e. The SMILES string of the molecule is CCO[C@@H]1C[C@@H](N[C@H]2CCCn3ncnc32)C12CCCC2. The van der Waals surface area contributed by atoms with Gasteiger partial charge in [-0.1, -0.05) is 12.8 Å². The Balaban J connectivity index is 1.49. The van der Waals surface area contributed by atoms with Gasteiger partial charge in [-0.2, -0.15) is 5.10 Å². The fraction of sp³-hybridized carbons (Fsp3) is 0.875. The molecule has 116 valence electrons. The lowest BCUT2D eigenvalue weighted by atomic mass is 9.60. The predicted molar refractivity (Wildman–Crippen MR) is 79.9 cm³/mol. The van der Waals surface area contributed by atoms with Crippen molar-refractivity contribution in [3.05, 3.63) is 12.2 Å². The largest absolute Gasteiger partial charge is 0.378 e. The second-order valence-corrected chi connectivity index (χ2v) is 6.88. The maximum Gasteiger partial charge on any atom is 0.143 e. The van der Waals surface area contributed by atoms with E-state index in [2.05, 4.69) is 27.0 Å². The van der Waals surface area contributed by atoms with Crippen LogP contribution in [0.5, 0.6) is 0 Å². The van der Waals surface area contributed by atoms with Gasteiger partial charge in [0.25, 0.3) is 0 Å². The molecule has 2 aliphatic carbocycles. The zero-order valence-electron chi connectivity index (χ0n) is 12.9. The normalized spacial score (nSPS) is 33.9. The van der Waals surface area contributed by atoms with Crippen molar-refractivity contribution in [2.24, 2.45) is 5.41 Å². The van der Waals surface area contributed by atoms with Crippen LogP contribution in [0, 0.1) is 5.41 Å². The van der Waals surface area contributed by atoms with Crippen molar-refractivity contribution in [2.45, 2.75) is 76.6 Å². The van der Waals surface area contributed by atoms with Crippen LogP contribution in [0.3, 0.4) is 0 Å². The third kappa shape index (κ3) is 2.13. The lowest BCUT2D eigenvalue weighted by Crippen LogP contribution is -2.63. The zero-order chi connectivity index (χ0) is 14.3. The average molecular weight is 290 g/mol. The molecule has 0 saturated heterocycles. The first-order valence-corrected chi connectivity index (χ1v) is 8.59. The molecule has 0 radical (unpaired) electrons.